The van der Waals surface area contributed by atoms with Crippen molar-refractivity contribution >= 4 is 16.8 Å². The van der Waals surface area contributed by atoms with E-state index in [0.29, 0.717) is 28.5 Å². The van der Waals surface area contributed by atoms with Gasteiger partial charge in [0.15, 0.2) is 17.1 Å². The van der Waals surface area contributed by atoms with E-state index < -0.39 is 6.10 Å². The molecule has 3 aromatic rings. The van der Waals surface area contributed by atoms with Gasteiger partial charge >= 0.3 is 0 Å². The number of fused-ring (bicyclic) bond motifs is 1. The van der Waals surface area contributed by atoms with Gasteiger partial charge in [-0.3, -0.25) is 0 Å². The lowest BCUT2D eigenvalue weighted by Gasteiger charge is -2.09. The second-order valence-corrected chi connectivity index (χ2v) is 5.49. The lowest BCUT2D eigenvalue weighted by atomic mass is 10.2. The van der Waals surface area contributed by atoms with E-state index in [1.165, 1.54) is 0 Å². The smallest absolute Gasteiger partial charge is 0.227 e. The molecule has 0 saturated carbocycles. The van der Waals surface area contributed by atoms with Crippen molar-refractivity contribution in [3.63, 3.8) is 0 Å². The molecule has 7 heteroatoms. The number of nitrogens with one attached hydrogen (secondary N) is 1. The summed E-state index contributed by atoms with van der Waals surface area (Å²) in [5, 5.41) is 21.3. The van der Waals surface area contributed by atoms with E-state index in [4.69, 9.17) is 19.0 Å². The molecule has 3 rings (SSSR count). The summed E-state index contributed by atoms with van der Waals surface area (Å²) in [5.74, 6) is 1.71. The Balaban J connectivity index is 1.88. The van der Waals surface area contributed by atoms with Crippen LogP contribution in [0.2, 0.25) is 0 Å². The molecular weight excluding hydrogens is 324 g/mol. The fourth-order valence-corrected chi connectivity index (χ4v) is 2.43. The molecule has 0 spiro atoms. The Morgan fingerprint density at radius 1 is 1.12 bits per heavy atom. The van der Waals surface area contributed by atoms with Crippen molar-refractivity contribution in [2.24, 2.45) is 0 Å². The Kier molecular flexibility index (Phi) is 5.06. The summed E-state index contributed by atoms with van der Waals surface area (Å²) in [7, 11) is 3.16. The van der Waals surface area contributed by atoms with Crippen LogP contribution < -0.4 is 14.8 Å². The Morgan fingerprint density at radius 2 is 1.92 bits per heavy atom. The first-order valence-corrected chi connectivity index (χ1v) is 7.80. The highest BCUT2D eigenvalue weighted by Crippen LogP contribution is 2.33. The third-order valence-electron chi connectivity index (χ3n) is 3.77. The number of ether oxygens (including phenoxy) is 2. The van der Waals surface area contributed by atoms with Crippen LogP contribution in [0.4, 0.5) is 5.69 Å². The highest BCUT2D eigenvalue weighted by atomic mass is 16.5. The number of hydrogen-bond acceptors (Lipinski definition) is 7. The number of aliphatic hydroxyl groups excluding tert-OH is 2. The molecule has 0 aliphatic carbocycles. The molecule has 1 unspecified atom stereocenters. The van der Waals surface area contributed by atoms with Crippen LogP contribution in [-0.4, -0.2) is 48.7 Å². The van der Waals surface area contributed by atoms with Crippen molar-refractivity contribution in [1.29, 1.82) is 0 Å². The standard InChI is InChI=1S/C18H20N2O5/c1-23-16-5-3-11(7-17(16)24-2)18-20-14-8-12(4-6-15(14)25-18)19-9-13(22)10-21/h3-8,13,19,21-22H,9-10H2,1-2H3. The maximum Gasteiger partial charge on any atom is 0.227 e. The quantitative estimate of drug-likeness (QED) is 0.605. The van der Waals surface area contributed by atoms with Crippen molar-refractivity contribution < 1.29 is 24.1 Å². The predicted molar refractivity (Wildman–Crippen MR) is 94.1 cm³/mol. The number of benzene rings is 2. The van der Waals surface area contributed by atoms with Gasteiger partial charge < -0.3 is 29.4 Å². The lowest BCUT2D eigenvalue weighted by Crippen LogP contribution is -2.22. The molecule has 2 aromatic carbocycles. The number of rotatable bonds is 7. The van der Waals surface area contributed by atoms with E-state index in [1.54, 1.807) is 32.4 Å². The van der Waals surface area contributed by atoms with Crippen LogP contribution in [0.1, 0.15) is 0 Å². The van der Waals surface area contributed by atoms with Crippen molar-refractivity contribution in [3.8, 4) is 23.0 Å². The molecule has 3 N–H and O–H groups in total. The highest BCUT2D eigenvalue weighted by molar-refractivity contribution is 5.80. The van der Waals surface area contributed by atoms with Crippen LogP contribution in [-0.2, 0) is 0 Å². The fraction of sp³-hybridized carbons (Fsp3) is 0.278. The molecular formula is C18H20N2O5. The summed E-state index contributed by atoms with van der Waals surface area (Å²) < 4.78 is 16.3. The largest absolute Gasteiger partial charge is 0.493 e. The van der Waals surface area contributed by atoms with Crippen molar-refractivity contribution in [2.75, 3.05) is 32.7 Å². The van der Waals surface area contributed by atoms with Gasteiger partial charge in [-0.1, -0.05) is 0 Å². The molecule has 0 fully saturated rings. The van der Waals surface area contributed by atoms with Crippen LogP contribution in [0.5, 0.6) is 11.5 Å². The fourth-order valence-electron chi connectivity index (χ4n) is 2.43. The molecule has 0 radical (unpaired) electrons. The van der Waals surface area contributed by atoms with E-state index >= 15 is 0 Å². The SMILES string of the molecule is COc1ccc(-c2nc3cc(NCC(O)CO)ccc3o2)cc1OC. The molecule has 0 aliphatic rings. The maximum absolute atomic E-state index is 9.41. The molecule has 0 bridgehead atoms. The van der Waals surface area contributed by atoms with Crippen LogP contribution in [0.15, 0.2) is 40.8 Å². The number of aliphatic hydroxyl groups is 2. The van der Waals surface area contributed by atoms with Gasteiger partial charge in [0.05, 0.1) is 26.9 Å². The third kappa shape index (κ3) is 3.67. The van der Waals surface area contributed by atoms with Crippen LogP contribution in [0.25, 0.3) is 22.6 Å². The van der Waals surface area contributed by atoms with Crippen molar-refractivity contribution in [3.05, 3.63) is 36.4 Å². The molecule has 1 heterocycles. The highest BCUT2D eigenvalue weighted by Gasteiger charge is 2.12. The minimum atomic E-state index is -0.810. The first kappa shape index (κ1) is 17.1. The number of oxazole rings is 1. The lowest BCUT2D eigenvalue weighted by molar-refractivity contribution is 0.105. The zero-order valence-corrected chi connectivity index (χ0v) is 14.0. The van der Waals surface area contributed by atoms with Crippen LogP contribution in [0.3, 0.4) is 0 Å². The second kappa shape index (κ2) is 7.42. The number of methoxy groups -OCH3 is 2. The second-order valence-electron chi connectivity index (χ2n) is 5.49. The normalized spacial score (nSPS) is 12.2. The zero-order chi connectivity index (χ0) is 17.8. The van der Waals surface area contributed by atoms with Crippen LogP contribution >= 0.6 is 0 Å². The predicted octanol–water partition coefficient (Wildman–Crippen LogP) is 2.28. The Bertz CT molecular complexity index is 862. The first-order chi connectivity index (χ1) is 12.1. The summed E-state index contributed by atoms with van der Waals surface area (Å²) in [6.45, 7) is -0.0367. The molecule has 7 nitrogen and oxygen atoms in total. The summed E-state index contributed by atoms with van der Waals surface area (Å²) in [6, 6.07) is 10.9. The number of hydrogen-bond donors (Lipinski definition) is 3. The third-order valence-corrected chi connectivity index (χ3v) is 3.77. The summed E-state index contributed by atoms with van der Waals surface area (Å²) in [4.78, 5) is 4.51. The minimum absolute atomic E-state index is 0.252. The monoisotopic (exact) mass is 344 g/mol. The van der Waals surface area contributed by atoms with Gasteiger partial charge in [-0.15, -0.1) is 0 Å². The molecule has 0 amide bonds. The molecule has 0 saturated heterocycles. The Labute approximate surface area is 144 Å². The average molecular weight is 344 g/mol. The summed E-state index contributed by atoms with van der Waals surface area (Å²) >= 11 is 0. The van der Waals surface area contributed by atoms with Gasteiger partial charge in [0.25, 0.3) is 0 Å². The maximum atomic E-state index is 9.41. The topological polar surface area (TPSA) is 97.0 Å². The van der Waals surface area contributed by atoms with Gasteiger partial charge in [0.2, 0.25) is 5.89 Å². The minimum Gasteiger partial charge on any atom is -0.493 e. The van der Waals surface area contributed by atoms with Gasteiger partial charge in [-0.05, 0) is 36.4 Å². The van der Waals surface area contributed by atoms with Gasteiger partial charge in [0, 0.05) is 17.8 Å². The Hall–Kier alpha value is -2.77. The summed E-state index contributed by atoms with van der Waals surface area (Å²) in [6.07, 6.45) is -0.810. The van der Waals surface area contributed by atoms with Gasteiger partial charge in [-0.25, -0.2) is 4.98 Å². The zero-order valence-electron chi connectivity index (χ0n) is 14.0. The number of aromatic nitrogens is 1. The number of nitrogens with zero attached hydrogens (tertiary/aromatic N) is 1. The summed E-state index contributed by atoms with van der Waals surface area (Å²) in [5.41, 5.74) is 2.90. The molecule has 1 atom stereocenters. The molecule has 25 heavy (non-hydrogen) atoms. The van der Waals surface area contributed by atoms with E-state index in [0.717, 1.165) is 11.3 Å². The van der Waals surface area contributed by atoms with E-state index in [9.17, 15) is 5.11 Å². The molecule has 1 aromatic heterocycles. The molecule has 0 aliphatic heterocycles. The molecule has 132 valence electrons. The van der Waals surface area contributed by atoms with Crippen molar-refractivity contribution in [2.45, 2.75) is 6.10 Å². The van der Waals surface area contributed by atoms with Crippen LogP contribution in [0, 0.1) is 0 Å². The number of anilines is 1. The van der Waals surface area contributed by atoms with E-state index in [1.807, 2.05) is 18.2 Å². The van der Waals surface area contributed by atoms with Crippen molar-refractivity contribution in [1.82, 2.24) is 4.98 Å². The first-order valence-electron chi connectivity index (χ1n) is 7.80. The van der Waals surface area contributed by atoms with E-state index in [2.05, 4.69) is 10.3 Å². The van der Waals surface area contributed by atoms with Gasteiger partial charge in [0.1, 0.15) is 5.52 Å². The Morgan fingerprint density at radius 3 is 2.64 bits per heavy atom. The average Bonchev–Trinajstić information content (AvgIpc) is 3.08. The van der Waals surface area contributed by atoms with Gasteiger partial charge in [-0.2, -0.15) is 0 Å². The van der Waals surface area contributed by atoms with E-state index in [-0.39, 0.29) is 13.2 Å².